The highest BCUT2D eigenvalue weighted by atomic mass is 35.5. The predicted octanol–water partition coefficient (Wildman–Crippen LogP) is 6.72. The van der Waals surface area contributed by atoms with Crippen LogP contribution in [0.3, 0.4) is 0 Å². The summed E-state index contributed by atoms with van der Waals surface area (Å²) in [5, 5.41) is 9.86. The van der Waals surface area contributed by atoms with Crippen molar-refractivity contribution < 1.29 is 28.2 Å². The molecule has 3 aliphatic heterocycles. The zero-order valence-electron chi connectivity index (χ0n) is 22.8. The van der Waals surface area contributed by atoms with Gasteiger partial charge in [-0.15, -0.1) is 0 Å². The molecule has 3 atom stereocenters. The van der Waals surface area contributed by atoms with Crippen LogP contribution < -0.4 is 4.74 Å². The lowest BCUT2D eigenvalue weighted by Crippen LogP contribution is -2.36. The average Bonchev–Trinajstić information content (AvgIpc) is 3.29. The van der Waals surface area contributed by atoms with Gasteiger partial charge in [-0.2, -0.15) is 0 Å². The van der Waals surface area contributed by atoms with Crippen molar-refractivity contribution in [2.75, 3.05) is 13.2 Å². The van der Waals surface area contributed by atoms with Crippen LogP contribution in [0.25, 0.3) is 17.1 Å². The van der Waals surface area contributed by atoms with E-state index >= 15 is 4.39 Å². The number of halogens is 3. The second kappa shape index (κ2) is 10.5. The van der Waals surface area contributed by atoms with Crippen molar-refractivity contribution in [2.24, 2.45) is 0 Å². The lowest BCUT2D eigenvalue weighted by molar-refractivity contribution is -0.0592. The molecule has 42 heavy (non-hydrogen) atoms. The first-order valence-corrected chi connectivity index (χ1v) is 14.4. The quantitative estimate of drug-likeness (QED) is 0.268. The molecular weight excluding hydrogens is 564 g/mol. The van der Waals surface area contributed by atoms with Gasteiger partial charge in [0.25, 0.3) is 0 Å². The summed E-state index contributed by atoms with van der Waals surface area (Å²) in [5.74, 6) is -0.912. The number of carbonyl (C=O) groups is 1. The molecule has 7 nitrogen and oxygen atoms in total. The van der Waals surface area contributed by atoms with Gasteiger partial charge in [0.15, 0.2) is 5.82 Å². The number of carboxylic acids is 1. The third kappa shape index (κ3) is 4.65. The number of hydrogen-bond donors (Lipinski definition) is 1. The molecule has 0 amide bonds. The number of hydrogen-bond acceptors (Lipinski definition) is 5. The summed E-state index contributed by atoms with van der Waals surface area (Å²) in [7, 11) is 0. The van der Waals surface area contributed by atoms with Crippen LogP contribution in [-0.2, 0) is 24.2 Å². The molecule has 4 heterocycles. The van der Waals surface area contributed by atoms with Gasteiger partial charge in [-0.1, -0.05) is 35.9 Å². The minimum atomic E-state index is -1.19. The van der Waals surface area contributed by atoms with Crippen molar-refractivity contribution in [2.45, 2.75) is 51.1 Å². The monoisotopic (exact) mass is 591 g/mol. The zero-order valence-corrected chi connectivity index (χ0v) is 23.6. The van der Waals surface area contributed by atoms with E-state index in [1.807, 2.05) is 22.8 Å². The van der Waals surface area contributed by atoms with Crippen molar-refractivity contribution in [3.63, 3.8) is 0 Å². The van der Waals surface area contributed by atoms with Crippen LogP contribution >= 0.6 is 11.6 Å². The second-order valence-corrected chi connectivity index (χ2v) is 11.5. The summed E-state index contributed by atoms with van der Waals surface area (Å²) >= 11 is 5.97. The highest BCUT2D eigenvalue weighted by molar-refractivity contribution is 6.30. The third-order valence-corrected chi connectivity index (χ3v) is 8.81. The van der Waals surface area contributed by atoms with E-state index in [4.69, 9.17) is 21.1 Å². The molecule has 3 aliphatic rings. The Morgan fingerprint density at radius 1 is 1.17 bits per heavy atom. The first kappa shape index (κ1) is 27.1. The lowest BCUT2D eigenvalue weighted by Gasteiger charge is -2.38. The van der Waals surface area contributed by atoms with Crippen LogP contribution in [-0.4, -0.2) is 44.8 Å². The summed E-state index contributed by atoms with van der Waals surface area (Å²) < 4.78 is 43.9. The predicted molar refractivity (Wildman–Crippen MR) is 154 cm³/mol. The van der Waals surface area contributed by atoms with Crippen LogP contribution in [0.4, 0.5) is 8.78 Å². The van der Waals surface area contributed by atoms with E-state index in [1.54, 1.807) is 12.1 Å². The van der Waals surface area contributed by atoms with E-state index in [1.165, 1.54) is 12.1 Å². The van der Waals surface area contributed by atoms with Crippen molar-refractivity contribution in [3.05, 3.63) is 98.8 Å². The SMILES string of the molecule is CC1c2c(ccc3c2O[C@@H](c2ccc(Cl)cc2F)C=C3)CCN1Cc1nc2c(F)cc(C(=O)O)cc2n1C[C@@H]1CCO1. The van der Waals surface area contributed by atoms with Crippen molar-refractivity contribution >= 4 is 34.7 Å². The van der Waals surface area contributed by atoms with E-state index in [2.05, 4.69) is 22.9 Å². The molecule has 0 aliphatic carbocycles. The summed E-state index contributed by atoms with van der Waals surface area (Å²) in [6, 6.07) is 11.2. The standard InChI is InChI=1S/C32H28ClF2N3O4/c1-17-29-18(2-3-19-4-7-27(42-31(19)29)23-6-5-21(33)14-24(23)34)8-10-37(17)16-28-36-30-25(35)12-20(32(39)40)13-26(30)38(28)15-22-9-11-41-22/h2-7,12-14,17,22,27H,8-11,15-16H2,1H3,(H,39,40)/t17?,22-,27+/m0/s1. The van der Waals surface area contributed by atoms with Crippen LogP contribution in [0.1, 0.15) is 63.9 Å². The van der Waals surface area contributed by atoms with E-state index in [0.29, 0.717) is 41.6 Å². The van der Waals surface area contributed by atoms with Gasteiger partial charge in [0.1, 0.15) is 29.0 Å². The molecule has 1 saturated heterocycles. The Kier molecular flexibility index (Phi) is 6.76. The Hall–Kier alpha value is -3.79. The van der Waals surface area contributed by atoms with Crippen molar-refractivity contribution in [1.29, 1.82) is 0 Å². The molecule has 1 unspecified atom stereocenters. The molecule has 1 N–H and O–H groups in total. The molecule has 3 aromatic carbocycles. The molecule has 0 bridgehead atoms. The first-order valence-electron chi connectivity index (χ1n) is 14.0. The molecule has 1 fully saturated rings. The fourth-order valence-corrected chi connectivity index (χ4v) is 6.36. The maximum atomic E-state index is 15.1. The highest BCUT2D eigenvalue weighted by Gasteiger charge is 2.33. The summed E-state index contributed by atoms with van der Waals surface area (Å²) in [6.45, 7) is 4.39. The van der Waals surface area contributed by atoms with Gasteiger partial charge in [0.2, 0.25) is 0 Å². The Morgan fingerprint density at radius 3 is 2.74 bits per heavy atom. The Bertz CT molecular complexity index is 1770. The molecule has 10 heteroatoms. The summed E-state index contributed by atoms with van der Waals surface area (Å²) in [6.07, 6.45) is 4.82. The fourth-order valence-electron chi connectivity index (χ4n) is 6.20. The number of carboxylic acid groups (broad SMARTS) is 1. The molecule has 0 spiro atoms. The number of aromatic carboxylic acids is 1. The number of fused-ring (bicyclic) bond motifs is 4. The summed E-state index contributed by atoms with van der Waals surface area (Å²) in [5.41, 5.74) is 4.01. The molecular formula is C32H28ClF2N3O4. The van der Waals surface area contributed by atoms with E-state index in [9.17, 15) is 14.3 Å². The van der Waals surface area contributed by atoms with Crippen LogP contribution in [0.2, 0.25) is 5.02 Å². The van der Waals surface area contributed by atoms with Crippen molar-refractivity contribution in [3.8, 4) is 5.75 Å². The van der Waals surface area contributed by atoms with Crippen LogP contribution in [0.15, 0.2) is 48.5 Å². The minimum Gasteiger partial charge on any atom is -0.481 e. The van der Waals surface area contributed by atoms with E-state index in [0.717, 1.165) is 47.9 Å². The van der Waals surface area contributed by atoms with Crippen LogP contribution in [0.5, 0.6) is 5.75 Å². The smallest absolute Gasteiger partial charge is 0.335 e. The number of ether oxygens (including phenoxy) is 2. The maximum absolute atomic E-state index is 15.1. The van der Waals surface area contributed by atoms with Gasteiger partial charge in [-0.3, -0.25) is 4.90 Å². The first-order chi connectivity index (χ1) is 20.3. The number of rotatable bonds is 6. The normalized spacial score (nSPS) is 21.5. The van der Waals surface area contributed by atoms with Gasteiger partial charge in [-0.05, 0) is 55.7 Å². The van der Waals surface area contributed by atoms with Gasteiger partial charge in [-0.25, -0.2) is 18.6 Å². The third-order valence-electron chi connectivity index (χ3n) is 8.57. The zero-order chi connectivity index (χ0) is 29.1. The van der Waals surface area contributed by atoms with Gasteiger partial charge in [0.05, 0.1) is 30.3 Å². The minimum absolute atomic E-state index is 0.0328. The van der Waals surface area contributed by atoms with Gasteiger partial charge < -0.3 is 19.1 Å². The Labute approximate surface area is 245 Å². The number of nitrogens with zero attached hydrogens (tertiary/aromatic N) is 3. The molecule has 4 aromatic rings. The van der Waals surface area contributed by atoms with Crippen molar-refractivity contribution in [1.82, 2.24) is 14.5 Å². The largest absolute Gasteiger partial charge is 0.481 e. The van der Waals surface area contributed by atoms with E-state index in [-0.39, 0.29) is 23.2 Å². The highest BCUT2D eigenvalue weighted by Crippen LogP contribution is 2.44. The van der Waals surface area contributed by atoms with Gasteiger partial charge >= 0.3 is 5.97 Å². The molecule has 1 aromatic heterocycles. The topological polar surface area (TPSA) is 76.8 Å². The maximum Gasteiger partial charge on any atom is 0.335 e. The molecule has 216 valence electrons. The molecule has 0 radical (unpaired) electrons. The Balaban J connectivity index is 1.23. The van der Waals surface area contributed by atoms with Crippen LogP contribution in [0, 0.1) is 11.6 Å². The second-order valence-electron chi connectivity index (χ2n) is 11.1. The number of imidazole rings is 1. The molecule has 0 saturated carbocycles. The molecule has 7 rings (SSSR count). The Morgan fingerprint density at radius 2 is 2.00 bits per heavy atom. The fraction of sp³-hybridized carbons (Fsp3) is 0.312. The average molecular weight is 592 g/mol. The number of benzene rings is 3. The number of aromatic nitrogens is 2. The lowest BCUT2D eigenvalue weighted by atomic mass is 9.89. The van der Waals surface area contributed by atoms with E-state index < -0.39 is 23.7 Å². The van der Waals surface area contributed by atoms with Gasteiger partial charge in [0, 0.05) is 40.9 Å². The summed E-state index contributed by atoms with van der Waals surface area (Å²) in [4.78, 5) is 18.6.